The van der Waals surface area contributed by atoms with Crippen LogP contribution in [0.2, 0.25) is 0 Å². The van der Waals surface area contributed by atoms with Gasteiger partial charge in [0.05, 0.1) is 18.3 Å². The summed E-state index contributed by atoms with van der Waals surface area (Å²) in [5.41, 5.74) is 4.15. The quantitative estimate of drug-likeness (QED) is 0.588. The van der Waals surface area contributed by atoms with Crippen molar-refractivity contribution in [1.29, 1.82) is 0 Å². The number of rotatable bonds is 7. The van der Waals surface area contributed by atoms with Gasteiger partial charge in [0.15, 0.2) is 5.82 Å². The van der Waals surface area contributed by atoms with Crippen LogP contribution in [0.4, 0.5) is 0 Å². The molecule has 0 bridgehead atoms. The molecule has 0 radical (unpaired) electrons. The molecule has 0 saturated carbocycles. The van der Waals surface area contributed by atoms with Gasteiger partial charge in [-0.2, -0.15) is 0 Å². The number of nitrogens with one attached hydrogen (secondary N) is 1. The Morgan fingerprint density at radius 1 is 1.16 bits per heavy atom. The Morgan fingerprint density at radius 3 is 2.62 bits per heavy atom. The highest BCUT2D eigenvalue weighted by Crippen LogP contribution is 2.40. The van der Waals surface area contributed by atoms with Gasteiger partial charge in [-0.1, -0.05) is 26.0 Å². The lowest BCUT2D eigenvalue weighted by Gasteiger charge is -2.36. The molecule has 1 aromatic carbocycles. The average Bonchev–Trinajstić information content (AvgIpc) is 2.78. The van der Waals surface area contributed by atoms with E-state index in [2.05, 4.69) is 29.1 Å². The molecular formula is C26H30N4O2. The molecule has 166 valence electrons. The summed E-state index contributed by atoms with van der Waals surface area (Å²) in [6.45, 7) is 7.06. The first-order chi connectivity index (χ1) is 15.4. The molecule has 3 aromatic rings. The fraction of sp³-hybridized carbons (Fsp3) is 0.385. The van der Waals surface area contributed by atoms with Gasteiger partial charge >= 0.3 is 0 Å². The largest absolute Gasteiger partial charge is 0.494 e. The summed E-state index contributed by atoms with van der Waals surface area (Å²) in [6.07, 6.45) is 8.23. The Kier molecular flexibility index (Phi) is 6.49. The second-order valence-electron chi connectivity index (χ2n) is 9.07. The summed E-state index contributed by atoms with van der Waals surface area (Å²) in [5.74, 6) is 1.60. The number of amides is 1. The van der Waals surface area contributed by atoms with Gasteiger partial charge in [-0.05, 0) is 61.4 Å². The number of hydrogen-bond acceptors (Lipinski definition) is 5. The number of aromatic nitrogens is 3. The molecule has 1 unspecified atom stereocenters. The molecule has 1 atom stereocenters. The van der Waals surface area contributed by atoms with E-state index in [-0.39, 0.29) is 17.4 Å². The van der Waals surface area contributed by atoms with E-state index in [0.717, 1.165) is 41.0 Å². The van der Waals surface area contributed by atoms with Gasteiger partial charge in [-0.3, -0.25) is 9.78 Å². The first kappa shape index (κ1) is 21.9. The van der Waals surface area contributed by atoms with Crippen LogP contribution in [-0.4, -0.2) is 27.5 Å². The van der Waals surface area contributed by atoms with Crippen molar-refractivity contribution in [2.75, 3.05) is 6.61 Å². The Balaban J connectivity index is 1.45. The molecule has 6 nitrogen and oxygen atoms in total. The van der Waals surface area contributed by atoms with Crippen LogP contribution >= 0.6 is 0 Å². The molecule has 2 heterocycles. The molecule has 4 rings (SSSR count). The zero-order chi connectivity index (χ0) is 22.6. The van der Waals surface area contributed by atoms with E-state index in [1.807, 2.05) is 49.5 Å². The zero-order valence-electron chi connectivity index (χ0n) is 19.0. The second kappa shape index (κ2) is 9.47. The molecule has 1 aliphatic carbocycles. The minimum Gasteiger partial charge on any atom is -0.494 e. The van der Waals surface area contributed by atoms with Crippen LogP contribution in [-0.2, 0) is 17.6 Å². The third kappa shape index (κ3) is 5.31. The third-order valence-corrected chi connectivity index (χ3v) is 5.83. The molecule has 1 aliphatic rings. The number of carbonyl (C=O) groups excluding carboxylic acids is 1. The van der Waals surface area contributed by atoms with Crippen molar-refractivity contribution in [1.82, 2.24) is 20.3 Å². The second-order valence-corrected chi connectivity index (χ2v) is 9.07. The van der Waals surface area contributed by atoms with Crippen molar-refractivity contribution in [3.05, 3.63) is 71.8 Å². The van der Waals surface area contributed by atoms with Crippen molar-refractivity contribution in [2.24, 2.45) is 5.41 Å². The number of hydrogen-bond donors (Lipinski definition) is 1. The van der Waals surface area contributed by atoms with Crippen molar-refractivity contribution >= 4 is 5.91 Å². The summed E-state index contributed by atoms with van der Waals surface area (Å²) in [4.78, 5) is 26.3. The van der Waals surface area contributed by atoms with Gasteiger partial charge in [-0.15, -0.1) is 0 Å². The number of ether oxygens (including phenoxy) is 1. The molecule has 0 saturated heterocycles. The van der Waals surface area contributed by atoms with Crippen molar-refractivity contribution < 1.29 is 9.53 Å². The molecule has 1 amide bonds. The van der Waals surface area contributed by atoms with Crippen LogP contribution in [0.5, 0.6) is 5.75 Å². The Bertz CT molecular complexity index is 1060. The number of nitrogens with zero attached hydrogens (tertiary/aromatic N) is 3. The molecule has 32 heavy (non-hydrogen) atoms. The SMILES string of the molecule is CCOc1ccc(CCC(=O)NC2CC(C)(C)Cc3nc(-c4ccncc4)ncc32)cc1. The lowest BCUT2D eigenvalue weighted by molar-refractivity contribution is -0.122. The lowest BCUT2D eigenvalue weighted by Crippen LogP contribution is -2.37. The summed E-state index contributed by atoms with van der Waals surface area (Å²) in [7, 11) is 0. The first-order valence-electron chi connectivity index (χ1n) is 11.2. The van der Waals surface area contributed by atoms with Crippen molar-refractivity contribution in [3.8, 4) is 17.1 Å². The van der Waals surface area contributed by atoms with Gasteiger partial charge in [0, 0.05) is 36.1 Å². The van der Waals surface area contributed by atoms with Crippen LogP contribution in [0, 0.1) is 5.41 Å². The summed E-state index contributed by atoms with van der Waals surface area (Å²) >= 11 is 0. The topological polar surface area (TPSA) is 77.0 Å². The maximum absolute atomic E-state index is 12.8. The monoisotopic (exact) mass is 430 g/mol. The minimum atomic E-state index is -0.0759. The number of pyridine rings is 1. The summed E-state index contributed by atoms with van der Waals surface area (Å²) in [5, 5.41) is 3.24. The fourth-order valence-corrected chi connectivity index (χ4v) is 4.26. The van der Waals surface area contributed by atoms with Gasteiger partial charge in [0.1, 0.15) is 5.75 Å². The molecule has 0 aliphatic heterocycles. The van der Waals surface area contributed by atoms with Crippen LogP contribution < -0.4 is 10.1 Å². The van der Waals surface area contributed by atoms with Crippen molar-refractivity contribution in [3.63, 3.8) is 0 Å². The maximum atomic E-state index is 12.8. The van der Waals surface area contributed by atoms with Crippen LogP contribution in [0.3, 0.4) is 0 Å². The molecule has 6 heteroatoms. The van der Waals surface area contributed by atoms with Gasteiger partial charge in [-0.25, -0.2) is 9.97 Å². The van der Waals surface area contributed by atoms with E-state index in [4.69, 9.17) is 9.72 Å². The average molecular weight is 431 g/mol. The number of benzene rings is 1. The maximum Gasteiger partial charge on any atom is 0.220 e. The highest BCUT2D eigenvalue weighted by Gasteiger charge is 2.34. The zero-order valence-corrected chi connectivity index (χ0v) is 19.0. The van der Waals surface area contributed by atoms with Crippen LogP contribution in [0.25, 0.3) is 11.4 Å². The molecular weight excluding hydrogens is 400 g/mol. The number of aryl methyl sites for hydroxylation is 1. The molecule has 0 spiro atoms. The molecule has 2 aromatic heterocycles. The van der Waals surface area contributed by atoms with Gasteiger partial charge in [0.2, 0.25) is 5.91 Å². The predicted molar refractivity (Wildman–Crippen MR) is 124 cm³/mol. The van der Waals surface area contributed by atoms with Crippen LogP contribution in [0.1, 0.15) is 56.5 Å². The van der Waals surface area contributed by atoms with Crippen molar-refractivity contribution in [2.45, 2.75) is 52.5 Å². The fourth-order valence-electron chi connectivity index (χ4n) is 4.26. The standard InChI is InChI=1S/C26H30N4O2/c1-4-32-20-8-5-18(6-9-20)7-10-24(31)29-22-15-26(2,3)16-23-21(22)17-28-25(30-23)19-11-13-27-14-12-19/h5-6,8-9,11-14,17,22H,4,7,10,15-16H2,1-3H3,(H,29,31). The van der Waals surface area contributed by atoms with E-state index < -0.39 is 0 Å². The predicted octanol–water partition coefficient (Wildman–Crippen LogP) is 4.70. The highest BCUT2D eigenvalue weighted by molar-refractivity contribution is 5.76. The minimum absolute atomic E-state index is 0.0456. The molecule has 0 fully saturated rings. The first-order valence-corrected chi connectivity index (χ1v) is 11.2. The summed E-state index contributed by atoms with van der Waals surface area (Å²) in [6, 6.07) is 11.7. The lowest BCUT2D eigenvalue weighted by atomic mass is 9.74. The summed E-state index contributed by atoms with van der Waals surface area (Å²) < 4.78 is 5.48. The van der Waals surface area contributed by atoms with Gasteiger partial charge < -0.3 is 10.1 Å². The van der Waals surface area contributed by atoms with Gasteiger partial charge in [0.25, 0.3) is 0 Å². The van der Waals surface area contributed by atoms with Crippen LogP contribution in [0.15, 0.2) is 55.0 Å². The van der Waals surface area contributed by atoms with E-state index >= 15 is 0 Å². The highest BCUT2D eigenvalue weighted by atomic mass is 16.5. The molecule has 1 N–H and O–H groups in total. The van der Waals surface area contributed by atoms with E-state index in [0.29, 0.717) is 25.3 Å². The van der Waals surface area contributed by atoms with E-state index in [1.54, 1.807) is 12.4 Å². The third-order valence-electron chi connectivity index (χ3n) is 5.83. The van der Waals surface area contributed by atoms with E-state index in [9.17, 15) is 4.79 Å². The number of carbonyl (C=O) groups is 1. The normalized spacial score (nSPS) is 16.8. The Morgan fingerprint density at radius 2 is 1.91 bits per heavy atom. The van der Waals surface area contributed by atoms with E-state index in [1.165, 1.54) is 0 Å². The number of fused-ring (bicyclic) bond motifs is 1. The Hall–Kier alpha value is -3.28. The smallest absolute Gasteiger partial charge is 0.220 e. The Labute approximate surface area is 189 Å².